The van der Waals surface area contributed by atoms with Crippen LogP contribution in [0.1, 0.15) is 28.4 Å². The average molecular weight is 476 g/mol. The second-order valence-corrected chi connectivity index (χ2v) is 7.50. The number of phenolic OH excluding ortho intramolecular Hbond substituents is 1. The zero-order valence-electron chi connectivity index (χ0n) is 16.9. The Balaban J connectivity index is 2.17. The molecule has 0 saturated carbocycles. The van der Waals surface area contributed by atoms with Crippen molar-refractivity contribution in [2.24, 2.45) is 0 Å². The summed E-state index contributed by atoms with van der Waals surface area (Å²) in [6, 6.07) is 14.1. The molecule has 0 radical (unpaired) electrons. The maximum absolute atomic E-state index is 12.1. The number of methoxy groups -OCH3 is 1. The number of hydrogen-bond acceptors (Lipinski definition) is 6. The molecule has 1 aliphatic heterocycles. The van der Waals surface area contributed by atoms with Crippen molar-refractivity contribution in [3.8, 4) is 17.9 Å². The third-order valence-electron chi connectivity index (χ3n) is 4.83. The summed E-state index contributed by atoms with van der Waals surface area (Å²) in [5.74, 6) is -0.602. The number of benzene rings is 2. The number of esters is 1. The maximum Gasteiger partial charge on any atom is 0.338 e. The topological polar surface area (TPSA) is 97.3 Å². The number of nitrogens with zero attached hydrogens (tertiary/aromatic N) is 3. The largest absolute Gasteiger partial charge is 0.508 e. The molecule has 0 atom stereocenters. The number of carbonyl (C=O) groups excluding carboxylic acids is 1. The van der Waals surface area contributed by atoms with Crippen LogP contribution in [0.4, 0.5) is 5.69 Å². The van der Waals surface area contributed by atoms with Crippen molar-refractivity contribution in [2.75, 3.05) is 18.6 Å². The van der Waals surface area contributed by atoms with Crippen molar-refractivity contribution in [3.63, 3.8) is 0 Å². The van der Waals surface area contributed by atoms with Gasteiger partial charge in [0.2, 0.25) is 0 Å². The van der Waals surface area contributed by atoms with Crippen molar-refractivity contribution in [2.45, 2.75) is 6.92 Å². The number of aromatic hydroxyl groups is 1. The summed E-state index contributed by atoms with van der Waals surface area (Å²) < 4.78 is 5.65. The highest BCUT2D eigenvalue weighted by molar-refractivity contribution is 9.10. The van der Waals surface area contributed by atoms with E-state index in [1.54, 1.807) is 24.3 Å². The summed E-state index contributed by atoms with van der Waals surface area (Å²) in [5, 5.41) is 28.7. The van der Waals surface area contributed by atoms with Crippen LogP contribution in [0.15, 0.2) is 64.3 Å². The van der Waals surface area contributed by atoms with Crippen LogP contribution >= 0.6 is 15.9 Å². The molecule has 154 valence electrons. The van der Waals surface area contributed by atoms with Crippen LogP contribution in [-0.2, 0) is 4.74 Å². The molecule has 0 amide bonds. The van der Waals surface area contributed by atoms with E-state index in [1.807, 2.05) is 42.2 Å². The van der Waals surface area contributed by atoms with E-state index in [1.165, 1.54) is 19.2 Å². The van der Waals surface area contributed by atoms with Crippen LogP contribution in [0, 0.1) is 22.7 Å². The molecule has 0 bridgehead atoms. The van der Waals surface area contributed by atoms with Gasteiger partial charge >= 0.3 is 5.97 Å². The Bertz CT molecular complexity index is 1210. The number of anilines is 1. The quantitative estimate of drug-likeness (QED) is 0.483. The summed E-state index contributed by atoms with van der Waals surface area (Å²) in [6.07, 6.45) is 5.33. The number of ether oxygens (including phenoxy) is 1. The van der Waals surface area contributed by atoms with Crippen LogP contribution in [0.5, 0.6) is 5.75 Å². The molecular formula is C24H18BrN3O3. The number of likely N-dealkylation sites (N-methyl/N-ethyl adjacent to an activating group) is 1. The third-order valence-corrected chi connectivity index (χ3v) is 5.32. The lowest BCUT2D eigenvalue weighted by Gasteiger charge is -2.31. The van der Waals surface area contributed by atoms with Gasteiger partial charge in [0.15, 0.2) is 0 Å². The molecule has 0 aliphatic carbocycles. The number of phenols is 1. The molecule has 1 N–H and O–H groups in total. The van der Waals surface area contributed by atoms with Crippen molar-refractivity contribution >= 4 is 39.2 Å². The van der Waals surface area contributed by atoms with E-state index in [9.17, 15) is 20.4 Å². The van der Waals surface area contributed by atoms with Gasteiger partial charge in [-0.05, 0) is 55.0 Å². The molecule has 1 heterocycles. The van der Waals surface area contributed by atoms with E-state index in [0.717, 1.165) is 21.4 Å². The van der Waals surface area contributed by atoms with Gasteiger partial charge in [-0.1, -0.05) is 28.1 Å². The zero-order chi connectivity index (χ0) is 22.5. The first-order valence-electron chi connectivity index (χ1n) is 9.36. The molecule has 1 aliphatic rings. The number of halogens is 1. The Labute approximate surface area is 188 Å². The molecule has 2 aromatic carbocycles. The molecule has 2 aromatic rings. The van der Waals surface area contributed by atoms with E-state index in [0.29, 0.717) is 17.7 Å². The summed E-state index contributed by atoms with van der Waals surface area (Å²) >= 11 is 3.46. The summed E-state index contributed by atoms with van der Waals surface area (Å²) in [6.45, 7) is 2.64. The number of hydrogen-bond donors (Lipinski definition) is 1. The van der Waals surface area contributed by atoms with Crippen LogP contribution in [-0.4, -0.2) is 24.7 Å². The van der Waals surface area contributed by atoms with E-state index >= 15 is 0 Å². The van der Waals surface area contributed by atoms with Gasteiger partial charge in [-0.25, -0.2) is 4.79 Å². The fourth-order valence-electron chi connectivity index (χ4n) is 3.40. The predicted molar refractivity (Wildman–Crippen MR) is 122 cm³/mol. The molecule has 0 aromatic heterocycles. The zero-order valence-corrected chi connectivity index (χ0v) is 18.5. The minimum absolute atomic E-state index is 0.0147. The lowest BCUT2D eigenvalue weighted by Crippen LogP contribution is -2.25. The first-order chi connectivity index (χ1) is 14.9. The highest BCUT2D eigenvalue weighted by Gasteiger charge is 2.23. The van der Waals surface area contributed by atoms with E-state index < -0.39 is 5.97 Å². The summed E-state index contributed by atoms with van der Waals surface area (Å²) in [7, 11) is 1.28. The van der Waals surface area contributed by atoms with Crippen molar-refractivity contribution in [1.82, 2.24) is 0 Å². The van der Waals surface area contributed by atoms with Crippen molar-refractivity contribution in [1.29, 1.82) is 10.5 Å². The molecule has 0 spiro atoms. The lowest BCUT2D eigenvalue weighted by molar-refractivity contribution is 0.0600. The number of carbonyl (C=O) groups is 1. The van der Waals surface area contributed by atoms with Gasteiger partial charge in [0.1, 0.15) is 23.5 Å². The minimum atomic E-state index is -0.562. The Morgan fingerprint density at radius 3 is 2.58 bits per heavy atom. The second-order valence-electron chi connectivity index (χ2n) is 6.58. The Morgan fingerprint density at radius 2 is 1.94 bits per heavy atom. The van der Waals surface area contributed by atoms with E-state index in [-0.39, 0.29) is 16.9 Å². The Kier molecular flexibility index (Phi) is 6.59. The highest BCUT2D eigenvalue weighted by Crippen LogP contribution is 2.39. The van der Waals surface area contributed by atoms with Crippen LogP contribution < -0.4 is 4.90 Å². The minimum Gasteiger partial charge on any atom is -0.508 e. The third kappa shape index (κ3) is 4.37. The fourth-order valence-corrected chi connectivity index (χ4v) is 3.76. The monoisotopic (exact) mass is 475 g/mol. The van der Waals surface area contributed by atoms with Crippen LogP contribution in [0.3, 0.4) is 0 Å². The highest BCUT2D eigenvalue weighted by atomic mass is 79.9. The first-order valence-corrected chi connectivity index (χ1v) is 10.2. The van der Waals surface area contributed by atoms with Gasteiger partial charge < -0.3 is 14.7 Å². The predicted octanol–water partition coefficient (Wildman–Crippen LogP) is 5.18. The summed E-state index contributed by atoms with van der Waals surface area (Å²) in [4.78, 5) is 14.1. The molecule has 0 saturated heterocycles. The van der Waals surface area contributed by atoms with E-state index in [4.69, 9.17) is 4.74 Å². The van der Waals surface area contributed by atoms with E-state index in [2.05, 4.69) is 15.9 Å². The van der Waals surface area contributed by atoms with Gasteiger partial charge in [-0.2, -0.15) is 10.5 Å². The van der Waals surface area contributed by atoms with Gasteiger partial charge in [0, 0.05) is 33.5 Å². The van der Waals surface area contributed by atoms with Crippen LogP contribution in [0.2, 0.25) is 0 Å². The van der Waals surface area contributed by atoms with Gasteiger partial charge in [-0.3, -0.25) is 0 Å². The van der Waals surface area contributed by atoms with Gasteiger partial charge in [0.25, 0.3) is 0 Å². The average Bonchev–Trinajstić information content (AvgIpc) is 2.78. The standard InChI is InChI=1S/C24H18BrN3O3/c1-3-28-18(7-4-15-5-8-19(29)12-21(15)24(30)31-2)11-20(16(13-26)14-27)22-10-17(25)6-9-23(22)28/h4-12,29H,3H2,1-2H3/b7-4+. The molecule has 3 rings (SSSR count). The SMILES string of the molecule is CCN1C(/C=C/c2ccc(O)cc2C(=O)OC)=CC(=C(C#N)C#N)c2cc(Br)ccc21. The Hall–Kier alpha value is -3.81. The van der Waals surface area contributed by atoms with Crippen LogP contribution in [0.25, 0.3) is 11.6 Å². The molecule has 7 heteroatoms. The number of rotatable bonds is 4. The summed E-state index contributed by atoms with van der Waals surface area (Å²) in [5.41, 5.74) is 3.74. The Morgan fingerprint density at radius 1 is 1.19 bits per heavy atom. The number of fused-ring (bicyclic) bond motifs is 1. The fraction of sp³-hybridized carbons (Fsp3) is 0.125. The van der Waals surface area contributed by atoms with Crippen molar-refractivity contribution < 1.29 is 14.6 Å². The van der Waals surface area contributed by atoms with Gasteiger partial charge in [0.05, 0.1) is 12.7 Å². The van der Waals surface area contributed by atoms with Crippen molar-refractivity contribution in [3.05, 3.63) is 81.0 Å². The molecule has 0 fully saturated rings. The molecule has 6 nitrogen and oxygen atoms in total. The molecule has 0 unspecified atom stereocenters. The normalized spacial score (nSPS) is 12.6. The maximum atomic E-state index is 12.1. The number of nitriles is 2. The van der Waals surface area contributed by atoms with Gasteiger partial charge in [-0.15, -0.1) is 0 Å². The molecular weight excluding hydrogens is 458 g/mol. The second kappa shape index (κ2) is 9.34. The lowest BCUT2D eigenvalue weighted by atomic mass is 9.93. The molecule has 31 heavy (non-hydrogen) atoms. The number of allylic oxidation sites excluding steroid dienone is 4. The smallest absolute Gasteiger partial charge is 0.338 e. The first kappa shape index (κ1) is 21.9.